The smallest absolute Gasteiger partial charge is 0.145 e. The number of rotatable bonds is 8. The van der Waals surface area contributed by atoms with Gasteiger partial charge in [-0.2, -0.15) is 0 Å². The summed E-state index contributed by atoms with van der Waals surface area (Å²) in [7, 11) is 1.70. The summed E-state index contributed by atoms with van der Waals surface area (Å²) < 4.78 is 19.4. The Morgan fingerprint density at radius 2 is 2.11 bits per heavy atom. The SMILES string of the molecule is CCCNC(Cc1cccc(Cl)c1F)C(CC)OC. The third-order valence-electron chi connectivity index (χ3n) is 3.28. The van der Waals surface area contributed by atoms with Crippen LogP contribution in [-0.4, -0.2) is 25.8 Å². The Kier molecular flexibility index (Phi) is 7.36. The number of ether oxygens (including phenoxy) is 1. The van der Waals surface area contributed by atoms with Crippen molar-refractivity contribution in [2.75, 3.05) is 13.7 Å². The van der Waals surface area contributed by atoms with Crippen LogP contribution in [0.5, 0.6) is 0 Å². The monoisotopic (exact) mass is 287 g/mol. The first-order valence-corrected chi connectivity index (χ1v) is 7.20. The minimum atomic E-state index is -0.321. The standard InChI is InChI=1S/C15H23ClFNO/c1-4-9-18-13(14(5-2)19-3)10-11-7-6-8-12(16)15(11)17/h6-8,13-14,18H,4-5,9-10H2,1-3H3. The highest BCUT2D eigenvalue weighted by atomic mass is 35.5. The minimum Gasteiger partial charge on any atom is -0.380 e. The molecule has 0 aromatic heterocycles. The number of hydrogen-bond donors (Lipinski definition) is 1. The summed E-state index contributed by atoms with van der Waals surface area (Å²) in [4.78, 5) is 0. The number of methoxy groups -OCH3 is 1. The van der Waals surface area contributed by atoms with E-state index in [1.807, 2.05) is 0 Å². The van der Waals surface area contributed by atoms with E-state index in [9.17, 15) is 4.39 Å². The van der Waals surface area contributed by atoms with E-state index in [1.54, 1.807) is 25.3 Å². The van der Waals surface area contributed by atoms with Gasteiger partial charge in [0.05, 0.1) is 11.1 Å². The van der Waals surface area contributed by atoms with Crippen molar-refractivity contribution < 1.29 is 9.13 Å². The summed E-state index contributed by atoms with van der Waals surface area (Å²) in [5.74, 6) is -0.321. The van der Waals surface area contributed by atoms with Gasteiger partial charge in [-0.25, -0.2) is 4.39 Å². The molecule has 0 aliphatic heterocycles. The zero-order valence-corrected chi connectivity index (χ0v) is 12.6. The van der Waals surface area contributed by atoms with Crippen LogP contribution in [0, 0.1) is 5.82 Å². The van der Waals surface area contributed by atoms with E-state index in [2.05, 4.69) is 19.2 Å². The largest absolute Gasteiger partial charge is 0.380 e. The molecule has 0 saturated carbocycles. The second-order valence-electron chi connectivity index (χ2n) is 4.66. The van der Waals surface area contributed by atoms with Crippen LogP contribution in [0.25, 0.3) is 0 Å². The Labute approximate surface area is 120 Å². The lowest BCUT2D eigenvalue weighted by atomic mass is 9.99. The number of nitrogens with one attached hydrogen (secondary N) is 1. The quantitative estimate of drug-likeness (QED) is 0.785. The van der Waals surface area contributed by atoms with Gasteiger partial charge in [-0.1, -0.05) is 37.6 Å². The molecule has 0 amide bonds. The van der Waals surface area contributed by atoms with Gasteiger partial charge >= 0.3 is 0 Å². The van der Waals surface area contributed by atoms with Crippen LogP contribution in [0.2, 0.25) is 5.02 Å². The first-order chi connectivity index (χ1) is 9.13. The number of benzene rings is 1. The molecule has 0 radical (unpaired) electrons. The molecule has 1 N–H and O–H groups in total. The first-order valence-electron chi connectivity index (χ1n) is 6.83. The molecule has 2 nitrogen and oxygen atoms in total. The molecular weight excluding hydrogens is 265 g/mol. The van der Waals surface area contributed by atoms with E-state index in [1.165, 1.54) is 0 Å². The minimum absolute atomic E-state index is 0.0740. The number of halogens is 2. The predicted octanol–water partition coefficient (Wildman–Crippen LogP) is 3.81. The van der Waals surface area contributed by atoms with E-state index in [0.29, 0.717) is 12.0 Å². The third kappa shape index (κ3) is 4.75. The molecule has 1 aromatic rings. The fourth-order valence-corrected chi connectivity index (χ4v) is 2.42. The zero-order chi connectivity index (χ0) is 14.3. The molecule has 1 aromatic carbocycles. The third-order valence-corrected chi connectivity index (χ3v) is 3.57. The molecule has 2 unspecified atom stereocenters. The molecule has 0 fully saturated rings. The Bertz CT molecular complexity index is 382. The molecule has 0 spiro atoms. The predicted molar refractivity (Wildman–Crippen MR) is 78.3 cm³/mol. The van der Waals surface area contributed by atoms with Crippen LogP contribution < -0.4 is 5.32 Å². The summed E-state index contributed by atoms with van der Waals surface area (Å²) >= 11 is 5.82. The van der Waals surface area contributed by atoms with Crippen molar-refractivity contribution in [3.8, 4) is 0 Å². The molecule has 0 bridgehead atoms. The molecular formula is C15H23ClFNO. The van der Waals surface area contributed by atoms with E-state index in [-0.39, 0.29) is 23.0 Å². The lowest BCUT2D eigenvalue weighted by molar-refractivity contribution is 0.0651. The van der Waals surface area contributed by atoms with Crippen LogP contribution in [0.4, 0.5) is 4.39 Å². The van der Waals surface area contributed by atoms with Gasteiger partial charge in [-0.05, 0) is 37.4 Å². The molecule has 1 rings (SSSR count). The van der Waals surface area contributed by atoms with Gasteiger partial charge in [0.15, 0.2) is 0 Å². The van der Waals surface area contributed by atoms with Crippen molar-refractivity contribution in [1.29, 1.82) is 0 Å². The molecule has 19 heavy (non-hydrogen) atoms. The summed E-state index contributed by atoms with van der Waals surface area (Å²) in [6.45, 7) is 5.08. The normalized spacial score (nSPS) is 14.4. The second kappa shape index (κ2) is 8.51. The zero-order valence-electron chi connectivity index (χ0n) is 11.9. The van der Waals surface area contributed by atoms with Gasteiger partial charge in [-0.15, -0.1) is 0 Å². The van der Waals surface area contributed by atoms with Crippen LogP contribution in [-0.2, 0) is 11.2 Å². The van der Waals surface area contributed by atoms with Gasteiger partial charge in [0.2, 0.25) is 0 Å². The van der Waals surface area contributed by atoms with E-state index in [0.717, 1.165) is 19.4 Å². The maximum atomic E-state index is 14.0. The Balaban J connectivity index is 2.83. The van der Waals surface area contributed by atoms with E-state index in [4.69, 9.17) is 16.3 Å². The average molecular weight is 288 g/mol. The highest BCUT2D eigenvalue weighted by Crippen LogP contribution is 2.20. The molecule has 0 aliphatic rings. The van der Waals surface area contributed by atoms with Crippen molar-refractivity contribution in [3.05, 3.63) is 34.6 Å². The number of hydrogen-bond acceptors (Lipinski definition) is 2. The summed E-state index contributed by atoms with van der Waals surface area (Å²) in [6.07, 6.45) is 2.58. The summed E-state index contributed by atoms with van der Waals surface area (Å²) in [5.41, 5.74) is 0.636. The second-order valence-corrected chi connectivity index (χ2v) is 5.07. The molecule has 108 valence electrons. The van der Waals surface area contributed by atoms with Crippen LogP contribution in [0.3, 0.4) is 0 Å². The van der Waals surface area contributed by atoms with Gasteiger partial charge in [-0.3, -0.25) is 0 Å². The van der Waals surface area contributed by atoms with Crippen molar-refractivity contribution in [1.82, 2.24) is 5.32 Å². The van der Waals surface area contributed by atoms with Gasteiger partial charge in [0.25, 0.3) is 0 Å². The van der Waals surface area contributed by atoms with Crippen LogP contribution in [0.1, 0.15) is 32.3 Å². The summed E-state index contributed by atoms with van der Waals surface area (Å²) in [6, 6.07) is 5.24. The molecule has 4 heteroatoms. The lowest BCUT2D eigenvalue weighted by Gasteiger charge is -2.26. The summed E-state index contributed by atoms with van der Waals surface area (Å²) in [5, 5.41) is 3.61. The van der Waals surface area contributed by atoms with E-state index < -0.39 is 0 Å². The van der Waals surface area contributed by atoms with E-state index >= 15 is 0 Å². The van der Waals surface area contributed by atoms with Gasteiger partial charge in [0, 0.05) is 13.2 Å². The molecule has 2 atom stereocenters. The fourth-order valence-electron chi connectivity index (χ4n) is 2.22. The fraction of sp³-hybridized carbons (Fsp3) is 0.600. The van der Waals surface area contributed by atoms with Crippen LogP contribution in [0.15, 0.2) is 18.2 Å². The van der Waals surface area contributed by atoms with Gasteiger partial charge < -0.3 is 10.1 Å². The highest BCUT2D eigenvalue weighted by molar-refractivity contribution is 6.30. The Morgan fingerprint density at radius 1 is 1.37 bits per heavy atom. The topological polar surface area (TPSA) is 21.3 Å². The molecule has 0 heterocycles. The highest BCUT2D eigenvalue weighted by Gasteiger charge is 2.21. The van der Waals surface area contributed by atoms with Crippen molar-refractivity contribution in [3.63, 3.8) is 0 Å². The average Bonchev–Trinajstić information content (AvgIpc) is 2.42. The maximum Gasteiger partial charge on any atom is 0.145 e. The van der Waals surface area contributed by atoms with Gasteiger partial charge in [0.1, 0.15) is 5.82 Å². The molecule has 0 aliphatic carbocycles. The molecule has 0 saturated heterocycles. The van der Waals surface area contributed by atoms with Crippen molar-refractivity contribution >= 4 is 11.6 Å². The van der Waals surface area contributed by atoms with Crippen molar-refractivity contribution in [2.45, 2.75) is 45.3 Å². The Morgan fingerprint density at radius 3 is 2.68 bits per heavy atom. The first kappa shape index (κ1) is 16.4. The maximum absolute atomic E-state index is 14.0. The lowest BCUT2D eigenvalue weighted by Crippen LogP contribution is -2.42. The Hall–Kier alpha value is -0.640. The van der Waals surface area contributed by atoms with Crippen LogP contribution >= 0.6 is 11.6 Å². The van der Waals surface area contributed by atoms with Crippen molar-refractivity contribution in [2.24, 2.45) is 0 Å².